The van der Waals surface area contributed by atoms with E-state index in [0.717, 1.165) is 43.6 Å². The monoisotopic (exact) mass is 678 g/mol. The van der Waals surface area contributed by atoms with Crippen LogP contribution in [0.25, 0.3) is 0 Å². The van der Waals surface area contributed by atoms with Crippen LogP contribution in [0, 0.1) is 5.82 Å². The Kier molecular flexibility index (Phi) is 15.8. The van der Waals surface area contributed by atoms with E-state index >= 15 is 0 Å². The molecule has 2 atom stereocenters. The highest BCUT2D eigenvalue weighted by molar-refractivity contribution is 5.82. The first-order valence-electron chi connectivity index (χ1n) is 17.5. The van der Waals surface area contributed by atoms with Gasteiger partial charge in [-0.1, -0.05) is 39.8 Å². The molecular weight excluding hydrogens is 619 g/mol. The van der Waals surface area contributed by atoms with Crippen molar-refractivity contribution in [3.8, 4) is 5.75 Å². The lowest BCUT2D eigenvalue weighted by atomic mass is 9.80. The molecule has 3 fully saturated rings. The summed E-state index contributed by atoms with van der Waals surface area (Å²) in [5.74, 6) is -1.14. The lowest BCUT2D eigenvalue weighted by Crippen LogP contribution is -2.72. The van der Waals surface area contributed by atoms with Crippen LogP contribution in [-0.4, -0.2) is 78.1 Å². The number of carbonyl (C=O) groups excluding carboxylic acids is 3. The van der Waals surface area contributed by atoms with E-state index in [1.54, 1.807) is 31.7 Å². The van der Waals surface area contributed by atoms with Gasteiger partial charge in [0, 0.05) is 12.1 Å². The fourth-order valence-corrected chi connectivity index (χ4v) is 6.20. The second-order valence-electron chi connectivity index (χ2n) is 13.9. The standard InChI is InChI=1S/C33H47FN2O8.2C2H6/c1-31(2,3)43-28(38)15-18-41-29-24(9-7-10-25(29)34)22-11-13-23(14-12-22)42-19-26-33(21-40-20-27(37)35-33)16-8-17-36(26)30(39)44-32(4,5)6;2*1-2/h7,9-10,15,18,22-23,26H,8,11-14,16-17,19-21H2,1-6H3,(H,35,37);2*1-2H3/b18-15+;;. The number of likely N-dealkylation sites (tertiary alicyclic amines) is 1. The van der Waals surface area contributed by atoms with Gasteiger partial charge in [-0.05, 0) is 92.1 Å². The Morgan fingerprint density at radius 3 is 2.27 bits per heavy atom. The van der Waals surface area contributed by atoms with Crippen molar-refractivity contribution in [1.29, 1.82) is 0 Å². The van der Waals surface area contributed by atoms with Gasteiger partial charge < -0.3 is 33.9 Å². The summed E-state index contributed by atoms with van der Waals surface area (Å²) < 4.78 is 43.5. The van der Waals surface area contributed by atoms with E-state index in [1.807, 2.05) is 54.5 Å². The first-order chi connectivity index (χ1) is 22.7. The predicted octanol–water partition coefficient (Wildman–Crippen LogP) is 7.44. The second kappa shape index (κ2) is 18.5. The largest absolute Gasteiger partial charge is 0.461 e. The molecule has 11 heteroatoms. The van der Waals surface area contributed by atoms with Crippen LogP contribution in [0.5, 0.6) is 5.75 Å². The Bertz CT molecular complexity index is 1210. The van der Waals surface area contributed by atoms with E-state index < -0.39 is 40.7 Å². The van der Waals surface area contributed by atoms with Gasteiger partial charge in [-0.15, -0.1) is 0 Å². The molecule has 2 aliphatic heterocycles. The number of piperidine rings is 1. The summed E-state index contributed by atoms with van der Waals surface area (Å²) in [6.45, 7) is 19.8. The zero-order chi connectivity index (χ0) is 36.1. The molecule has 0 aromatic heterocycles. The van der Waals surface area contributed by atoms with E-state index in [4.69, 9.17) is 23.7 Å². The zero-order valence-corrected chi connectivity index (χ0v) is 30.8. The number of benzene rings is 1. The van der Waals surface area contributed by atoms with Crippen LogP contribution in [0.3, 0.4) is 0 Å². The number of carbonyl (C=O) groups is 3. The molecule has 0 bridgehead atoms. The van der Waals surface area contributed by atoms with E-state index in [0.29, 0.717) is 26.0 Å². The third kappa shape index (κ3) is 12.1. The third-order valence-electron chi connectivity index (χ3n) is 8.04. The van der Waals surface area contributed by atoms with Crippen molar-refractivity contribution in [2.45, 2.75) is 143 Å². The quantitative estimate of drug-likeness (QED) is 0.180. The molecule has 1 saturated carbocycles. The molecule has 2 unspecified atom stereocenters. The number of ether oxygens (including phenoxy) is 5. The maximum Gasteiger partial charge on any atom is 0.410 e. The number of amides is 2. The molecule has 1 N–H and O–H groups in total. The smallest absolute Gasteiger partial charge is 0.410 e. The van der Waals surface area contributed by atoms with Crippen LogP contribution in [0.1, 0.15) is 119 Å². The fraction of sp³-hybridized carbons (Fsp3) is 0.703. The van der Waals surface area contributed by atoms with Crippen LogP contribution in [0.2, 0.25) is 0 Å². The highest BCUT2D eigenvalue weighted by atomic mass is 19.1. The molecule has 1 spiro atoms. The molecular formula is C37H59FN2O8. The summed E-state index contributed by atoms with van der Waals surface area (Å²) in [7, 11) is 0. The lowest BCUT2D eigenvalue weighted by molar-refractivity contribution is -0.148. The highest BCUT2D eigenvalue weighted by Gasteiger charge is 2.50. The Morgan fingerprint density at radius 2 is 1.67 bits per heavy atom. The van der Waals surface area contributed by atoms with E-state index in [2.05, 4.69) is 5.32 Å². The fourth-order valence-electron chi connectivity index (χ4n) is 6.20. The summed E-state index contributed by atoms with van der Waals surface area (Å²) in [5, 5.41) is 3.11. The predicted molar refractivity (Wildman–Crippen MR) is 183 cm³/mol. The Balaban J connectivity index is 0.00000193. The van der Waals surface area contributed by atoms with Crippen molar-refractivity contribution >= 4 is 18.0 Å². The summed E-state index contributed by atoms with van der Waals surface area (Å²) >= 11 is 0. The number of hydrogen-bond donors (Lipinski definition) is 1. The first kappa shape index (κ1) is 41.0. The number of morpholine rings is 1. The second-order valence-corrected chi connectivity index (χ2v) is 13.9. The summed E-state index contributed by atoms with van der Waals surface area (Å²) in [4.78, 5) is 39.3. The van der Waals surface area contributed by atoms with Crippen molar-refractivity contribution in [2.75, 3.05) is 26.4 Å². The third-order valence-corrected chi connectivity index (χ3v) is 8.04. The maximum absolute atomic E-state index is 14.8. The molecule has 1 aromatic carbocycles. The summed E-state index contributed by atoms with van der Waals surface area (Å²) in [6, 6.07) is 4.39. The first-order valence-corrected chi connectivity index (χ1v) is 17.5. The number of nitrogens with zero attached hydrogens (tertiary/aromatic N) is 1. The molecule has 2 amide bonds. The molecule has 48 heavy (non-hydrogen) atoms. The highest BCUT2D eigenvalue weighted by Crippen LogP contribution is 2.40. The van der Waals surface area contributed by atoms with E-state index in [-0.39, 0.29) is 36.9 Å². The molecule has 272 valence electrons. The van der Waals surface area contributed by atoms with Gasteiger partial charge in [-0.25, -0.2) is 14.0 Å². The average Bonchev–Trinajstić information content (AvgIpc) is 3.01. The van der Waals surface area contributed by atoms with Crippen molar-refractivity contribution in [1.82, 2.24) is 10.2 Å². The van der Waals surface area contributed by atoms with Gasteiger partial charge in [0.25, 0.3) is 0 Å². The maximum atomic E-state index is 14.8. The van der Waals surface area contributed by atoms with Crippen molar-refractivity contribution < 1.29 is 42.5 Å². The Hall–Kier alpha value is -3.18. The van der Waals surface area contributed by atoms with Gasteiger partial charge in [-0.2, -0.15) is 0 Å². The van der Waals surface area contributed by atoms with Gasteiger partial charge >= 0.3 is 12.1 Å². The SMILES string of the molecule is CC.CC.CC(C)(C)OC(=O)/C=C/Oc1c(F)cccc1C1CCC(OCC2N(C(=O)OC(C)(C)C)CCCC23COCC(=O)N3)CC1. The number of esters is 1. The van der Waals surface area contributed by atoms with Gasteiger partial charge in [-0.3, -0.25) is 4.79 Å². The van der Waals surface area contributed by atoms with Gasteiger partial charge in [0.1, 0.15) is 17.8 Å². The van der Waals surface area contributed by atoms with Crippen molar-refractivity contribution in [3.63, 3.8) is 0 Å². The normalized spacial score (nSPS) is 24.4. The lowest BCUT2D eigenvalue weighted by Gasteiger charge is -2.51. The minimum Gasteiger partial charge on any atom is -0.461 e. The molecule has 10 nitrogen and oxygen atoms in total. The summed E-state index contributed by atoms with van der Waals surface area (Å²) in [5.41, 5.74) is -1.32. The number of rotatable bonds is 7. The Labute approximate surface area is 287 Å². The van der Waals surface area contributed by atoms with Gasteiger partial charge in [0.15, 0.2) is 11.6 Å². The summed E-state index contributed by atoms with van der Waals surface area (Å²) in [6.07, 6.45) is 6.10. The van der Waals surface area contributed by atoms with Gasteiger partial charge in [0.2, 0.25) is 5.91 Å². The van der Waals surface area contributed by atoms with E-state index in [9.17, 15) is 18.8 Å². The molecule has 2 saturated heterocycles. The number of hydrogen-bond acceptors (Lipinski definition) is 8. The van der Waals surface area contributed by atoms with Crippen LogP contribution in [0.15, 0.2) is 30.5 Å². The topological polar surface area (TPSA) is 113 Å². The number of para-hydroxylation sites is 1. The van der Waals surface area contributed by atoms with Crippen LogP contribution in [0.4, 0.5) is 9.18 Å². The van der Waals surface area contributed by atoms with Crippen LogP contribution >= 0.6 is 0 Å². The Morgan fingerprint density at radius 1 is 1.02 bits per heavy atom. The molecule has 0 radical (unpaired) electrons. The van der Waals surface area contributed by atoms with E-state index in [1.165, 1.54) is 6.07 Å². The average molecular weight is 679 g/mol. The van der Waals surface area contributed by atoms with Crippen molar-refractivity contribution in [2.24, 2.45) is 0 Å². The van der Waals surface area contributed by atoms with Crippen LogP contribution in [-0.2, 0) is 28.5 Å². The van der Waals surface area contributed by atoms with Crippen molar-refractivity contribution in [3.05, 3.63) is 41.9 Å². The molecule has 1 aliphatic carbocycles. The molecule has 3 aliphatic rings. The number of halogens is 1. The molecule has 2 heterocycles. The number of nitrogens with one attached hydrogen (secondary N) is 1. The van der Waals surface area contributed by atoms with Gasteiger partial charge in [0.05, 0.1) is 43.2 Å². The zero-order valence-electron chi connectivity index (χ0n) is 30.8. The van der Waals surface area contributed by atoms with Crippen LogP contribution < -0.4 is 10.1 Å². The molecule has 1 aromatic rings. The minimum absolute atomic E-state index is 0.00560. The molecule has 4 rings (SSSR count). The minimum atomic E-state index is -0.748.